The predicted octanol–water partition coefficient (Wildman–Crippen LogP) is 5.49. The van der Waals surface area contributed by atoms with Crippen LogP contribution in [0.3, 0.4) is 0 Å². The van der Waals surface area contributed by atoms with Crippen molar-refractivity contribution in [2.45, 2.75) is 31.7 Å². The Hall–Kier alpha value is -5.25. The third-order valence-corrected chi connectivity index (χ3v) is 7.27. The molecule has 2 amide bonds. The molecular weight excluding hydrogens is 520 g/mol. The van der Waals surface area contributed by atoms with Crippen LogP contribution >= 0.6 is 0 Å². The number of rotatable bonds is 7. The van der Waals surface area contributed by atoms with Crippen LogP contribution in [0.5, 0.6) is 11.5 Å². The molecule has 2 heterocycles. The fourth-order valence-corrected chi connectivity index (χ4v) is 4.76. The summed E-state index contributed by atoms with van der Waals surface area (Å²) < 4.78 is 6.58. The number of para-hydroxylation sites is 2. The number of carbonyl (C=O) groups is 2. The van der Waals surface area contributed by atoms with E-state index in [1.165, 1.54) is 16.9 Å². The van der Waals surface area contributed by atoms with Gasteiger partial charge in [-0.1, -0.05) is 30.7 Å². The van der Waals surface area contributed by atoms with E-state index in [1.807, 2.05) is 48.5 Å². The van der Waals surface area contributed by atoms with Crippen molar-refractivity contribution in [2.24, 2.45) is 0 Å². The molecule has 0 atom stereocenters. The van der Waals surface area contributed by atoms with Crippen LogP contribution in [0.1, 0.15) is 46.9 Å². The van der Waals surface area contributed by atoms with E-state index in [-0.39, 0.29) is 23.4 Å². The highest BCUT2D eigenvalue weighted by Gasteiger charge is 2.27. The molecule has 0 spiro atoms. The SMILES string of the molecule is COc1ccc(CNC(=O)n2nc(-c3cc(NC(=O)c4cnc5ccccc5n4)ccc3O)cc2C2CCC2)cc1. The number of phenolic OH excluding ortho intramolecular Hbond substituents is 1. The van der Waals surface area contributed by atoms with Gasteiger partial charge in [-0.2, -0.15) is 9.78 Å². The maximum absolute atomic E-state index is 13.2. The molecule has 6 rings (SSSR count). The number of anilines is 1. The Morgan fingerprint density at radius 2 is 1.80 bits per heavy atom. The quantitative estimate of drug-likeness (QED) is 0.229. The number of methoxy groups -OCH3 is 1. The summed E-state index contributed by atoms with van der Waals surface area (Å²) in [5.41, 5.74) is 4.48. The first-order chi connectivity index (χ1) is 20.0. The second-order valence-electron chi connectivity index (χ2n) is 9.93. The number of carbonyl (C=O) groups excluding carboxylic acids is 2. The number of hydrogen-bond donors (Lipinski definition) is 3. The van der Waals surface area contributed by atoms with Crippen LogP contribution < -0.4 is 15.4 Å². The Morgan fingerprint density at radius 1 is 1.02 bits per heavy atom. The molecule has 1 saturated carbocycles. The van der Waals surface area contributed by atoms with Gasteiger partial charge in [0.2, 0.25) is 0 Å². The van der Waals surface area contributed by atoms with Crippen LogP contribution in [0.2, 0.25) is 0 Å². The second kappa shape index (κ2) is 11.1. The highest BCUT2D eigenvalue weighted by Crippen LogP contribution is 2.39. The van der Waals surface area contributed by atoms with Crippen LogP contribution in [0.4, 0.5) is 10.5 Å². The minimum atomic E-state index is -0.432. The van der Waals surface area contributed by atoms with E-state index in [0.29, 0.717) is 34.5 Å². The highest BCUT2D eigenvalue weighted by molar-refractivity contribution is 6.04. The molecule has 0 radical (unpaired) electrons. The number of nitrogens with one attached hydrogen (secondary N) is 2. The number of hydrogen-bond acceptors (Lipinski definition) is 7. The number of amides is 2. The third kappa shape index (κ3) is 5.44. The van der Waals surface area contributed by atoms with E-state index in [1.54, 1.807) is 25.3 Å². The number of benzene rings is 3. The van der Waals surface area contributed by atoms with Gasteiger partial charge in [-0.3, -0.25) is 9.78 Å². The molecule has 10 heteroatoms. The number of aromatic nitrogens is 4. The van der Waals surface area contributed by atoms with Gasteiger partial charge in [0.25, 0.3) is 5.91 Å². The molecule has 1 fully saturated rings. The lowest BCUT2D eigenvalue weighted by Gasteiger charge is -2.25. The molecule has 2 aromatic heterocycles. The fraction of sp³-hybridized carbons (Fsp3) is 0.194. The number of phenols is 1. The minimum absolute atomic E-state index is 0.0167. The lowest BCUT2D eigenvalue weighted by atomic mass is 9.82. The van der Waals surface area contributed by atoms with Crippen LogP contribution in [-0.4, -0.2) is 43.9 Å². The molecule has 3 N–H and O–H groups in total. The second-order valence-corrected chi connectivity index (χ2v) is 9.93. The summed E-state index contributed by atoms with van der Waals surface area (Å²) in [7, 11) is 1.61. The average molecular weight is 549 g/mol. The topological polar surface area (TPSA) is 131 Å². The van der Waals surface area contributed by atoms with E-state index in [0.717, 1.165) is 36.3 Å². The van der Waals surface area contributed by atoms with E-state index in [2.05, 4.69) is 25.7 Å². The lowest BCUT2D eigenvalue weighted by Crippen LogP contribution is -2.31. The molecule has 0 saturated heterocycles. The molecule has 1 aliphatic carbocycles. The van der Waals surface area contributed by atoms with Crippen molar-refractivity contribution in [2.75, 3.05) is 12.4 Å². The zero-order chi connectivity index (χ0) is 28.3. The Labute approximate surface area is 236 Å². The Morgan fingerprint density at radius 3 is 2.54 bits per heavy atom. The van der Waals surface area contributed by atoms with Gasteiger partial charge in [-0.05, 0) is 66.9 Å². The molecule has 0 unspecified atom stereocenters. The monoisotopic (exact) mass is 548 g/mol. The van der Waals surface area contributed by atoms with Gasteiger partial charge in [-0.15, -0.1) is 0 Å². The van der Waals surface area contributed by atoms with Gasteiger partial charge >= 0.3 is 6.03 Å². The average Bonchev–Trinajstić information content (AvgIpc) is 3.40. The van der Waals surface area contributed by atoms with Gasteiger partial charge in [0.05, 0.1) is 35.7 Å². The van der Waals surface area contributed by atoms with E-state index >= 15 is 0 Å². The zero-order valence-corrected chi connectivity index (χ0v) is 22.4. The highest BCUT2D eigenvalue weighted by atomic mass is 16.5. The summed E-state index contributed by atoms with van der Waals surface area (Å²) in [6, 6.07) is 21.0. The largest absolute Gasteiger partial charge is 0.507 e. The maximum Gasteiger partial charge on any atom is 0.342 e. The molecule has 5 aromatic rings. The van der Waals surface area contributed by atoms with Gasteiger partial charge in [0.1, 0.15) is 17.2 Å². The van der Waals surface area contributed by atoms with Crippen molar-refractivity contribution in [1.29, 1.82) is 0 Å². The summed E-state index contributed by atoms with van der Waals surface area (Å²) in [5, 5.41) is 21.0. The van der Waals surface area contributed by atoms with Crippen molar-refractivity contribution in [3.8, 4) is 22.8 Å². The zero-order valence-electron chi connectivity index (χ0n) is 22.4. The van der Waals surface area contributed by atoms with E-state index < -0.39 is 5.91 Å². The van der Waals surface area contributed by atoms with Gasteiger partial charge in [0.15, 0.2) is 0 Å². The minimum Gasteiger partial charge on any atom is -0.507 e. The molecule has 1 aliphatic rings. The first-order valence-corrected chi connectivity index (χ1v) is 13.4. The summed E-state index contributed by atoms with van der Waals surface area (Å²) >= 11 is 0. The fourth-order valence-electron chi connectivity index (χ4n) is 4.76. The van der Waals surface area contributed by atoms with Gasteiger partial charge in [0, 0.05) is 23.7 Å². The van der Waals surface area contributed by atoms with Gasteiger partial charge in [-0.25, -0.2) is 9.78 Å². The number of nitrogens with zero attached hydrogens (tertiary/aromatic N) is 4. The molecule has 41 heavy (non-hydrogen) atoms. The number of fused-ring (bicyclic) bond motifs is 1. The third-order valence-electron chi connectivity index (χ3n) is 7.27. The number of aromatic hydroxyl groups is 1. The van der Waals surface area contributed by atoms with Crippen molar-refractivity contribution in [1.82, 2.24) is 25.1 Å². The standard InChI is InChI=1S/C31H28N6O4/c1-41-22-12-9-19(10-13-22)17-33-31(40)37-28(20-5-4-6-20)16-26(36-37)23-15-21(11-14-29(23)38)34-30(39)27-18-32-24-7-2-3-8-25(24)35-27/h2-3,7-16,18,20,38H,4-6,17H2,1H3,(H,33,40)(H,34,39). The van der Waals surface area contributed by atoms with Crippen LogP contribution in [-0.2, 0) is 6.54 Å². The molecular formula is C31H28N6O4. The van der Waals surface area contributed by atoms with Crippen molar-refractivity contribution < 1.29 is 19.4 Å². The lowest BCUT2D eigenvalue weighted by molar-refractivity contribution is 0.102. The van der Waals surface area contributed by atoms with E-state index in [4.69, 9.17) is 4.74 Å². The summed E-state index contributed by atoms with van der Waals surface area (Å²) in [5.74, 6) is 0.502. The first kappa shape index (κ1) is 26.0. The van der Waals surface area contributed by atoms with E-state index in [9.17, 15) is 14.7 Å². The summed E-state index contributed by atoms with van der Waals surface area (Å²) in [4.78, 5) is 34.9. The molecule has 10 nitrogen and oxygen atoms in total. The van der Waals surface area contributed by atoms with Crippen molar-refractivity contribution in [3.05, 3.63) is 95.9 Å². The molecule has 0 aliphatic heterocycles. The van der Waals surface area contributed by atoms with Crippen LogP contribution in [0.25, 0.3) is 22.3 Å². The van der Waals surface area contributed by atoms with Crippen LogP contribution in [0, 0.1) is 0 Å². The molecule has 0 bridgehead atoms. The number of ether oxygens (including phenoxy) is 1. The Kier molecular flexibility index (Phi) is 7.03. The maximum atomic E-state index is 13.2. The Bertz CT molecular complexity index is 1740. The van der Waals surface area contributed by atoms with Crippen molar-refractivity contribution in [3.63, 3.8) is 0 Å². The summed E-state index contributed by atoms with van der Waals surface area (Å²) in [6.45, 7) is 0.326. The Balaban J connectivity index is 1.24. The van der Waals surface area contributed by atoms with Gasteiger partial charge < -0.3 is 20.5 Å². The first-order valence-electron chi connectivity index (χ1n) is 13.4. The molecule has 3 aromatic carbocycles. The summed E-state index contributed by atoms with van der Waals surface area (Å²) in [6.07, 6.45) is 4.44. The normalized spacial score (nSPS) is 13.0. The smallest absolute Gasteiger partial charge is 0.342 e. The van der Waals surface area contributed by atoms with Crippen LogP contribution in [0.15, 0.2) is 79.0 Å². The van der Waals surface area contributed by atoms with Crippen molar-refractivity contribution >= 4 is 28.7 Å². The molecule has 206 valence electrons. The predicted molar refractivity (Wildman–Crippen MR) is 154 cm³/mol.